The van der Waals surface area contributed by atoms with Crippen LogP contribution in [0.5, 0.6) is 5.75 Å². The Morgan fingerprint density at radius 2 is 1.67 bits per heavy atom. The van der Waals surface area contributed by atoms with E-state index in [1.807, 2.05) is 38.4 Å². The van der Waals surface area contributed by atoms with E-state index in [2.05, 4.69) is 39.4 Å². The molecule has 0 spiro atoms. The van der Waals surface area contributed by atoms with E-state index in [-0.39, 0.29) is 0 Å². The highest BCUT2D eigenvalue weighted by Crippen LogP contribution is 2.22. The van der Waals surface area contributed by atoms with Crippen LogP contribution in [0.25, 0.3) is 0 Å². The van der Waals surface area contributed by atoms with Gasteiger partial charge in [0.1, 0.15) is 18.8 Å². The second-order valence-corrected chi connectivity index (χ2v) is 8.08. The van der Waals surface area contributed by atoms with E-state index < -0.39 is 0 Å². The Morgan fingerprint density at radius 1 is 1.03 bits per heavy atom. The number of hydrogen-bond donors (Lipinski definition) is 2. The van der Waals surface area contributed by atoms with Crippen LogP contribution in [0.4, 0.5) is 11.4 Å². The molecule has 2 aromatic rings. The van der Waals surface area contributed by atoms with E-state index in [1.54, 1.807) is 12.0 Å². The number of nitrogens with zero attached hydrogens (tertiary/aromatic N) is 2. The summed E-state index contributed by atoms with van der Waals surface area (Å²) in [5, 5.41) is 4.20. The highest BCUT2D eigenvalue weighted by atomic mass is 32.1. The number of methoxy groups -OCH3 is 1. The molecule has 30 heavy (non-hydrogen) atoms. The molecule has 0 bridgehead atoms. The Balaban J connectivity index is 1.68. The number of rotatable bonds is 8. The number of nitrogens with one attached hydrogen (secondary N) is 2. The summed E-state index contributed by atoms with van der Waals surface area (Å²) in [7, 11) is 5.78. The minimum Gasteiger partial charge on any atom is -0.497 e. The second-order valence-electron chi connectivity index (χ2n) is 7.69. The first-order valence-corrected chi connectivity index (χ1v) is 10.8. The molecule has 3 rings (SSSR count). The van der Waals surface area contributed by atoms with Gasteiger partial charge < -0.3 is 29.5 Å². The van der Waals surface area contributed by atoms with Gasteiger partial charge >= 0.3 is 0 Å². The smallest absolute Gasteiger partial charge is 0.173 e. The molecule has 0 aliphatic carbocycles. The zero-order chi connectivity index (χ0) is 21.3. The van der Waals surface area contributed by atoms with Crippen molar-refractivity contribution >= 4 is 28.7 Å². The number of thiocarbonyl (C=S) groups is 1. The lowest BCUT2D eigenvalue weighted by molar-refractivity contribution is -0.906. The molecule has 1 saturated heterocycles. The molecule has 0 saturated carbocycles. The zero-order valence-electron chi connectivity index (χ0n) is 18.2. The molecule has 0 atom stereocenters. The maximum atomic E-state index is 5.79. The van der Waals surface area contributed by atoms with Crippen LogP contribution >= 0.6 is 12.2 Å². The van der Waals surface area contributed by atoms with Gasteiger partial charge in [0.2, 0.25) is 0 Å². The molecule has 2 aromatic carbocycles. The Hall–Kier alpha value is -2.35. The first-order valence-electron chi connectivity index (χ1n) is 10.4. The number of hydrogen-bond acceptors (Lipinski definition) is 4. The van der Waals surface area contributed by atoms with Crippen LogP contribution < -0.4 is 24.8 Å². The van der Waals surface area contributed by atoms with Crippen LogP contribution in [-0.4, -0.2) is 65.7 Å². The van der Waals surface area contributed by atoms with Crippen molar-refractivity contribution in [3.63, 3.8) is 0 Å². The van der Waals surface area contributed by atoms with Crippen molar-refractivity contribution in [3.8, 4) is 5.75 Å². The van der Waals surface area contributed by atoms with Crippen molar-refractivity contribution in [1.29, 1.82) is 0 Å². The maximum absolute atomic E-state index is 5.79. The molecule has 2 N–H and O–H groups in total. The van der Waals surface area contributed by atoms with E-state index in [0.717, 1.165) is 55.9 Å². The summed E-state index contributed by atoms with van der Waals surface area (Å²) < 4.78 is 10.8. The highest BCUT2D eigenvalue weighted by molar-refractivity contribution is 7.80. The van der Waals surface area contributed by atoms with Crippen LogP contribution in [0.15, 0.2) is 48.5 Å². The molecule has 1 fully saturated rings. The van der Waals surface area contributed by atoms with Crippen LogP contribution in [0.2, 0.25) is 0 Å². The predicted octanol–water partition coefficient (Wildman–Crippen LogP) is 1.56. The van der Waals surface area contributed by atoms with Crippen LogP contribution in [0.3, 0.4) is 0 Å². The van der Waals surface area contributed by atoms with Gasteiger partial charge in [-0.2, -0.15) is 0 Å². The standard InChI is InChI=1S/C23H32N4O2S/c1-25(2)20-6-4-19(5-7-20)18-27(21-8-10-22(28-3)11-9-21)23(30)24-12-13-26-14-16-29-17-15-26/h4-11H,12-18H2,1-3H3,(H,24,30)/p+1. The predicted molar refractivity (Wildman–Crippen MR) is 127 cm³/mol. The molecule has 0 unspecified atom stereocenters. The van der Waals surface area contributed by atoms with Gasteiger partial charge in [-0.25, -0.2) is 0 Å². The maximum Gasteiger partial charge on any atom is 0.173 e. The zero-order valence-corrected chi connectivity index (χ0v) is 19.0. The first-order chi connectivity index (χ1) is 14.6. The number of quaternary nitrogens is 1. The summed E-state index contributed by atoms with van der Waals surface area (Å²) in [4.78, 5) is 5.81. The summed E-state index contributed by atoms with van der Waals surface area (Å²) in [6, 6.07) is 16.6. The molecule has 7 heteroatoms. The van der Waals surface area contributed by atoms with E-state index in [1.165, 1.54) is 11.3 Å². The Labute approximate surface area is 185 Å². The van der Waals surface area contributed by atoms with Gasteiger partial charge in [-0.05, 0) is 54.2 Å². The monoisotopic (exact) mass is 429 g/mol. The van der Waals surface area contributed by atoms with Crippen molar-refractivity contribution in [2.24, 2.45) is 0 Å². The average Bonchev–Trinajstić information content (AvgIpc) is 2.78. The van der Waals surface area contributed by atoms with Gasteiger partial charge in [0.05, 0.1) is 40.0 Å². The van der Waals surface area contributed by atoms with Crippen LogP contribution in [0.1, 0.15) is 5.56 Å². The molecular weight excluding hydrogens is 396 g/mol. The number of anilines is 2. The van der Waals surface area contributed by atoms with Crippen LogP contribution in [-0.2, 0) is 11.3 Å². The van der Waals surface area contributed by atoms with E-state index >= 15 is 0 Å². The normalized spacial score (nSPS) is 14.2. The lowest BCUT2D eigenvalue weighted by Gasteiger charge is -2.28. The van der Waals surface area contributed by atoms with Gasteiger partial charge in [0.15, 0.2) is 5.11 Å². The molecule has 1 heterocycles. The fourth-order valence-corrected chi connectivity index (χ4v) is 3.75. The third-order valence-electron chi connectivity index (χ3n) is 5.38. The third kappa shape index (κ3) is 6.32. The number of benzene rings is 2. The molecule has 0 radical (unpaired) electrons. The van der Waals surface area contributed by atoms with Crippen molar-refractivity contribution in [1.82, 2.24) is 5.32 Å². The fourth-order valence-electron chi connectivity index (χ4n) is 3.48. The van der Waals surface area contributed by atoms with E-state index in [4.69, 9.17) is 21.7 Å². The van der Waals surface area contributed by atoms with Crippen LogP contribution in [0, 0.1) is 0 Å². The highest BCUT2D eigenvalue weighted by Gasteiger charge is 2.16. The second kappa shape index (κ2) is 11.2. The quantitative estimate of drug-likeness (QED) is 0.621. The van der Waals surface area contributed by atoms with Crippen molar-refractivity contribution in [2.75, 3.05) is 70.4 Å². The summed E-state index contributed by atoms with van der Waals surface area (Å²) in [5.74, 6) is 0.837. The first kappa shape index (κ1) is 22.3. The molecular formula is C23H33N4O2S+. The minimum atomic E-state index is 0.705. The van der Waals surface area contributed by atoms with Crippen molar-refractivity contribution < 1.29 is 14.4 Å². The van der Waals surface area contributed by atoms with Crippen molar-refractivity contribution in [3.05, 3.63) is 54.1 Å². The molecule has 0 amide bonds. The molecule has 162 valence electrons. The molecule has 0 aromatic heterocycles. The summed E-state index contributed by atoms with van der Waals surface area (Å²) in [6.07, 6.45) is 0. The number of ether oxygens (including phenoxy) is 2. The lowest BCUT2D eigenvalue weighted by atomic mass is 10.1. The Bertz CT molecular complexity index is 790. The largest absolute Gasteiger partial charge is 0.497 e. The van der Waals surface area contributed by atoms with Gasteiger partial charge in [-0.3, -0.25) is 0 Å². The van der Waals surface area contributed by atoms with Gasteiger partial charge in [0, 0.05) is 25.5 Å². The van der Waals surface area contributed by atoms with E-state index in [0.29, 0.717) is 6.54 Å². The lowest BCUT2D eigenvalue weighted by Crippen LogP contribution is -3.14. The molecule has 1 aliphatic heterocycles. The van der Waals surface area contributed by atoms with Gasteiger partial charge in [-0.15, -0.1) is 0 Å². The number of morpholine rings is 1. The van der Waals surface area contributed by atoms with Gasteiger partial charge in [-0.1, -0.05) is 12.1 Å². The van der Waals surface area contributed by atoms with E-state index in [9.17, 15) is 0 Å². The fraction of sp³-hybridized carbons (Fsp3) is 0.435. The third-order valence-corrected chi connectivity index (χ3v) is 5.74. The van der Waals surface area contributed by atoms with Gasteiger partial charge in [0.25, 0.3) is 0 Å². The molecule has 6 nitrogen and oxygen atoms in total. The SMILES string of the molecule is COc1ccc(N(Cc2ccc(N(C)C)cc2)C(=S)NCC[NH+]2CCOCC2)cc1. The Morgan fingerprint density at radius 3 is 2.27 bits per heavy atom. The molecule has 1 aliphatic rings. The Kier molecular flexibility index (Phi) is 8.30. The topological polar surface area (TPSA) is 41.4 Å². The van der Waals surface area contributed by atoms with Crippen molar-refractivity contribution in [2.45, 2.75) is 6.54 Å². The summed E-state index contributed by atoms with van der Waals surface area (Å²) in [5.41, 5.74) is 3.44. The average molecular weight is 430 g/mol. The summed E-state index contributed by atoms with van der Waals surface area (Å²) >= 11 is 5.79. The minimum absolute atomic E-state index is 0.705. The summed E-state index contributed by atoms with van der Waals surface area (Å²) in [6.45, 7) is 6.42.